The predicted molar refractivity (Wildman–Crippen MR) is 64.4 cm³/mol. The van der Waals surface area contributed by atoms with E-state index in [4.69, 9.17) is 10.5 Å². The summed E-state index contributed by atoms with van der Waals surface area (Å²) in [6.07, 6.45) is 1.88. The number of thioether (sulfide) groups is 1. The molecule has 0 aliphatic heterocycles. The number of ether oxygens (including phenoxy) is 1. The molecule has 1 aromatic rings. The predicted octanol–water partition coefficient (Wildman–Crippen LogP) is 1.58. The van der Waals surface area contributed by atoms with E-state index in [9.17, 15) is 4.79 Å². The number of nitrogens with two attached hydrogens (primary N) is 1. The Balaban J connectivity index is 2.74. The number of rotatable bonds is 4. The lowest BCUT2D eigenvalue weighted by molar-refractivity contribution is -0.113. The molecule has 0 aliphatic carbocycles. The number of amides is 1. The third-order valence-electron chi connectivity index (χ3n) is 1.79. The quantitative estimate of drug-likeness (QED) is 0.765. The summed E-state index contributed by atoms with van der Waals surface area (Å²) in [7, 11) is 1.54. The Hall–Kier alpha value is -1.36. The van der Waals surface area contributed by atoms with Gasteiger partial charge in [-0.1, -0.05) is 0 Å². The molecule has 82 valence electrons. The maximum atomic E-state index is 11.3. The average molecular weight is 226 g/mol. The van der Waals surface area contributed by atoms with Crippen LogP contribution in [0.3, 0.4) is 0 Å². The van der Waals surface area contributed by atoms with E-state index in [1.807, 2.05) is 6.26 Å². The van der Waals surface area contributed by atoms with Gasteiger partial charge in [-0.3, -0.25) is 4.79 Å². The summed E-state index contributed by atoms with van der Waals surface area (Å²) in [5.41, 5.74) is 6.90. The Kier molecular flexibility index (Phi) is 4.30. The van der Waals surface area contributed by atoms with E-state index < -0.39 is 0 Å². The van der Waals surface area contributed by atoms with Crippen LogP contribution in [0.1, 0.15) is 0 Å². The molecule has 0 radical (unpaired) electrons. The van der Waals surface area contributed by atoms with Gasteiger partial charge < -0.3 is 15.8 Å². The van der Waals surface area contributed by atoms with Crippen LogP contribution in [0.2, 0.25) is 0 Å². The maximum Gasteiger partial charge on any atom is 0.234 e. The molecular weight excluding hydrogens is 212 g/mol. The van der Waals surface area contributed by atoms with Crippen molar-refractivity contribution in [2.45, 2.75) is 0 Å². The second-order valence-electron chi connectivity index (χ2n) is 2.94. The Labute approximate surface area is 93.2 Å². The van der Waals surface area contributed by atoms with Gasteiger partial charge in [0.15, 0.2) is 0 Å². The average Bonchev–Trinajstić information content (AvgIpc) is 2.21. The summed E-state index contributed by atoms with van der Waals surface area (Å²) in [4.78, 5) is 11.3. The zero-order valence-electron chi connectivity index (χ0n) is 8.74. The first-order valence-electron chi connectivity index (χ1n) is 4.39. The molecule has 0 saturated carbocycles. The molecule has 1 amide bonds. The summed E-state index contributed by atoms with van der Waals surface area (Å²) in [6, 6.07) is 5.15. The number of benzene rings is 1. The highest BCUT2D eigenvalue weighted by atomic mass is 32.2. The fourth-order valence-corrected chi connectivity index (χ4v) is 1.45. The Bertz CT molecular complexity index is 355. The van der Waals surface area contributed by atoms with Crippen LogP contribution in [-0.4, -0.2) is 25.0 Å². The molecular formula is C10H14N2O2S. The number of hydrogen-bond acceptors (Lipinski definition) is 4. The molecule has 1 aromatic carbocycles. The Morgan fingerprint density at radius 1 is 1.60 bits per heavy atom. The molecule has 0 bridgehead atoms. The minimum Gasteiger partial charge on any atom is -0.495 e. The van der Waals surface area contributed by atoms with Crippen LogP contribution in [-0.2, 0) is 4.79 Å². The molecule has 0 unspecified atom stereocenters. The van der Waals surface area contributed by atoms with Gasteiger partial charge in [-0.2, -0.15) is 11.8 Å². The highest BCUT2D eigenvalue weighted by molar-refractivity contribution is 7.99. The number of nitrogen functional groups attached to an aromatic ring is 1. The van der Waals surface area contributed by atoms with Crippen molar-refractivity contribution in [3.8, 4) is 5.75 Å². The van der Waals surface area contributed by atoms with E-state index in [1.54, 1.807) is 25.3 Å². The first-order chi connectivity index (χ1) is 7.17. The zero-order chi connectivity index (χ0) is 11.3. The summed E-state index contributed by atoms with van der Waals surface area (Å²) in [5.74, 6) is 0.971. The summed E-state index contributed by atoms with van der Waals surface area (Å²) in [6.45, 7) is 0. The Morgan fingerprint density at radius 3 is 2.93 bits per heavy atom. The standard InChI is InChI=1S/C10H14N2O2S/c1-14-9-5-7(3-4-8(9)11)12-10(13)6-15-2/h3-5H,6,11H2,1-2H3,(H,12,13). The molecule has 0 atom stereocenters. The minimum atomic E-state index is -0.0330. The van der Waals surface area contributed by atoms with Gasteiger partial charge in [-0.05, 0) is 18.4 Å². The van der Waals surface area contributed by atoms with Crippen molar-refractivity contribution in [3.05, 3.63) is 18.2 Å². The van der Waals surface area contributed by atoms with Crippen molar-refractivity contribution < 1.29 is 9.53 Å². The number of nitrogens with one attached hydrogen (secondary N) is 1. The monoisotopic (exact) mass is 226 g/mol. The molecule has 0 aliphatic rings. The highest BCUT2D eigenvalue weighted by Gasteiger charge is 2.04. The van der Waals surface area contributed by atoms with Crippen molar-refractivity contribution in [1.82, 2.24) is 0 Å². The third kappa shape index (κ3) is 3.36. The largest absolute Gasteiger partial charge is 0.495 e. The second-order valence-corrected chi connectivity index (χ2v) is 3.80. The van der Waals surface area contributed by atoms with Crippen molar-refractivity contribution in [2.24, 2.45) is 0 Å². The fourth-order valence-electron chi connectivity index (χ4n) is 1.12. The van der Waals surface area contributed by atoms with Gasteiger partial charge in [-0.15, -0.1) is 0 Å². The van der Waals surface area contributed by atoms with Gasteiger partial charge in [0.2, 0.25) is 5.91 Å². The highest BCUT2D eigenvalue weighted by Crippen LogP contribution is 2.24. The van der Waals surface area contributed by atoms with E-state index in [1.165, 1.54) is 11.8 Å². The second kappa shape index (κ2) is 5.50. The van der Waals surface area contributed by atoms with Crippen molar-refractivity contribution in [2.75, 3.05) is 30.2 Å². The molecule has 0 heterocycles. The van der Waals surface area contributed by atoms with Gasteiger partial charge >= 0.3 is 0 Å². The lowest BCUT2D eigenvalue weighted by Gasteiger charge is -2.08. The van der Waals surface area contributed by atoms with Crippen LogP contribution in [0.25, 0.3) is 0 Å². The molecule has 0 fully saturated rings. The number of anilines is 2. The van der Waals surface area contributed by atoms with Gasteiger partial charge in [0, 0.05) is 11.8 Å². The first kappa shape index (κ1) is 11.7. The maximum absolute atomic E-state index is 11.3. The van der Waals surface area contributed by atoms with Crippen LogP contribution in [0, 0.1) is 0 Å². The van der Waals surface area contributed by atoms with Crippen molar-refractivity contribution in [1.29, 1.82) is 0 Å². The molecule has 0 spiro atoms. The number of carbonyl (C=O) groups excluding carboxylic acids is 1. The van der Waals surface area contributed by atoms with Crippen LogP contribution in [0.4, 0.5) is 11.4 Å². The normalized spacial score (nSPS) is 9.73. The topological polar surface area (TPSA) is 64.3 Å². The molecule has 0 saturated heterocycles. The van der Waals surface area contributed by atoms with Crippen LogP contribution >= 0.6 is 11.8 Å². The van der Waals surface area contributed by atoms with E-state index in [2.05, 4.69) is 5.32 Å². The lowest BCUT2D eigenvalue weighted by Crippen LogP contribution is -2.13. The van der Waals surface area contributed by atoms with Crippen molar-refractivity contribution >= 4 is 29.0 Å². The van der Waals surface area contributed by atoms with Gasteiger partial charge in [-0.25, -0.2) is 0 Å². The molecule has 15 heavy (non-hydrogen) atoms. The molecule has 1 rings (SSSR count). The van der Waals surface area contributed by atoms with Gasteiger partial charge in [0.05, 0.1) is 18.6 Å². The fraction of sp³-hybridized carbons (Fsp3) is 0.300. The van der Waals surface area contributed by atoms with Crippen LogP contribution < -0.4 is 15.8 Å². The molecule has 0 aromatic heterocycles. The van der Waals surface area contributed by atoms with Crippen molar-refractivity contribution in [3.63, 3.8) is 0 Å². The summed E-state index contributed by atoms with van der Waals surface area (Å²) < 4.78 is 5.05. The van der Waals surface area contributed by atoms with Crippen LogP contribution in [0.5, 0.6) is 5.75 Å². The van der Waals surface area contributed by atoms with E-state index in [0.29, 0.717) is 22.9 Å². The minimum absolute atomic E-state index is 0.0330. The number of carbonyl (C=O) groups is 1. The van der Waals surface area contributed by atoms with Gasteiger partial charge in [0.1, 0.15) is 5.75 Å². The van der Waals surface area contributed by atoms with E-state index >= 15 is 0 Å². The molecule has 3 N–H and O–H groups in total. The number of hydrogen-bond donors (Lipinski definition) is 2. The van der Waals surface area contributed by atoms with E-state index in [0.717, 1.165) is 0 Å². The van der Waals surface area contributed by atoms with Crippen LogP contribution in [0.15, 0.2) is 18.2 Å². The smallest absolute Gasteiger partial charge is 0.234 e. The summed E-state index contributed by atoms with van der Waals surface area (Å²) >= 11 is 1.47. The lowest BCUT2D eigenvalue weighted by atomic mass is 10.2. The molecule has 4 nitrogen and oxygen atoms in total. The third-order valence-corrected chi connectivity index (χ3v) is 2.34. The Morgan fingerprint density at radius 2 is 2.33 bits per heavy atom. The molecule has 5 heteroatoms. The van der Waals surface area contributed by atoms with E-state index in [-0.39, 0.29) is 5.91 Å². The SMILES string of the molecule is COc1cc(NC(=O)CSC)ccc1N. The first-order valence-corrected chi connectivity index (χ1v) is 5.79. The number of methoxy groups -OCH3 is 1. The zero-order valence-corrected chi connectivity index (χ0v) is 9.56. The summed E-state index contributed by atoms with van der Waals surface area (Å²) in [5, 5.41) is 2.75. The van der Waals surface area contributed by atoms with Gasteiger partial charge in [0.25, 0.3) is 0 Å².